The van der Waals surface area contributed by atoms with Gasteiger partial charge in [0.15, 0.2) is 0 Å². The highest BCUT2D eigenvalue weighted by Crippen LogP contribution is 2.30. The van der Waals surface area contributed by atoms with E-state index >= 15 is 0 Å². The van der Waals surface area contributed by atoms with Crippen molar-refractivity contribution in [3.8, 4) is 0 Å². The Balaban J connectivity index is 1.99. The summed E-state index contributed by atoms with van der Waals surface area (Å²) in [4.78, 5) is 0. The van der Waals surface area contributed by atoms with Crippen molar-refractivity contribution in [1.29, 1.82) is 0 Å². The summed E-state index contributed by atoms with van der Waals surface area (Å²) >= 11 is 0. The topological polar surface area (TPSA) is 0 Å². The van der Waals surface area contributed by atoms with Gasteiger partial charge in [-0.3, -0.25) is 0 Å². The zero-order chi connectivity index (χ0) is 17.9. The Bertz CT molecular complexity index is 757. The monoisotopic (exact) mass is 355 g/mol. The number of hydrogen-bond acceptors (Lipinski definition) is 0. The summed E-state index contributed by atoms with van der Waals surface area (Å²) in [5, 5.41) is 2.51. The van der Waals surface area contributed by atoms with E-state index in [1.165, 1.54) is 22.5 Å². The van der Waals surface area contributed by atoms with E-state index in [0.29, 0.717) is 0 Å². The molecule has 0 aromatic heterocycles. The third-order valence-corrected chi connectivity index (χ3v) is 7.45. The molecule has 4 heteroatoms. The van der Waals surface area contributed by atoms with Crippen LogP contribution in [0.5, 0.6) is 0 Å². The fourth-order valence-electron chi connectivity index (χ4n) is 3.03. The van der Waals surface area contributed by atoms with E-state index in [9.17, 15) is 13.2 Å². The van der Waals surface area contributed by atoms with Crippen molar-refractivity contribution < 1.29 is 13.2 Å². The van der Waals surface area contributed by atoms with E-state index in [2.05, 4.69) is 31.2 Å². The lowest BCUT2D eigenvalue weighted by molar-refractivity contribution is -0.137. The zero-order valence-electron chi connectivity index (χ0n) is 13.8. The third kappa shape index (κ3) is 4.02. The van der Waals surface area contributed by atoms with Crippen LogP contribution in [0.1, 0.15) is 23.6 Å². The Labute approximate surface area is 147 Å². The molecule has 0 N–H and O–H groups in total. The highest BCUT2D eigenvalue weighted by molar-refractivity contribution is 6.86. The average molecular weight is 355 g/mol. The maximum Gasteiger partial charge on any atom is 0.416 e. The van der Waals surface area contributed by atoms with Gasteiger partial charge in [-0.15, -0.1) is 0 Å². The molecule has 127 valence electrons. The summed E-state index contributed by atoms with van der Waals surface area (Å²) in [5.41, 5.74) is 0.489. The molecule has 0 amide bonds. The number of alkyl halides is 3. The van der Waals surface area contributed by atoms with Gasteiger partial charge < -0.3 is 0 Å². The minimum atomic E-state index is -4.30. The molecule has 0 saturated carbocycles. The Morgan fingerprint density at radius 1 is 0.680 bits per heavy atom. The van der Waals surface area contributed by atoms with E-state index in [4.69, 9.17) is 0 Å². The van der Waals surface area contributed by atoms with Crippen molar-refractivity contribution in [2.24, 2.45) is 0 Å². The predicted molar refractivity (Wildman–Crippen MR) is 97.8 cm³/mol. The highest BCUT2D eigenvalue weighted by Gasteiger charge is 2.31. The van der Waals surface area contributed by atoms with Crippen LogP contribution < -0.4 is 10.4 Å². The van der Waals surface area contributed by atoms with Gasteiger partial charge in [0, 0.05) is 0 Å². The number of benzene rings is 3. The standard InChI is InChI=1S/C21H18F3Si/c1-16(17-12-14-18(15-13-17)21(22,23)24)25(19-8-4-2-5-9-19)20-10-6-3-7-11-20/h2-16H,1H3/t16-/m1/s1. The van der Waals surface area contributed by atoms with Crippen molar-refractivity contribution in [2.75, 3.05) is 0 Å². The quantitative estimate of drug-likeness (QED) is 0.597. The first-order valence-corrected chi connectivity index (χ1v) is 9.69. The molecule has 1 radical (unpaired) electrons. The van der Waals surface area contributed by atoms with Crippen LogP contribution in [0, 0.1) is 0 Å². The molecule has 3 aromatic rings. The molecule has 1 atom stereocenters. The van der Waals surface area contributed by atoms with E-state index in [0.717, 1.165) is 5.56 Å². The Morgan fingerprint density at radius 3 is 1.52 bits per heavy atom. The van der Waals surface area contributed by atoms with Crippen molar-refractivity contribution in [3.05, 3.63) is 96.1 Å². The average Bonchev–Trinajstić information content (AvgIpc) is 2.63. The second kappa shape index (κ2) is 7.27. The molecule has 0 fully saturated rings. The van der Waals surface area contributed by atoms with E-state index in [1.807, 2.05) is 36.4 Å². The molecule has 0 saturated heterocycles. The smallest absolute Gasteiger partial charge is 0.166 e. The molecule has 0 aliphatic carbocycles. The van der Waals surface area contributed by atoms with Crippen molar-refractivity contribution in [2.45, 2.75) is 18.6 Å². The number of halogens is 3. The summed E-state index contributed by atoms with van der Waals surface area (Å²) in [6, 6.07) is 26.1. The van der Waals surface area contributed by atoms with Crippen LogP contribution in [0.25, 0.3) is 0 Å². The highest BCUT2D eigenvalue weighted by atomic mass is 28.3. The molecule has 3 aromatic carbocycles. The SMILES string of the molecule is C[C@H](c1ccc(C(F)(F)F)cc1)[Si](c1ccccc1)c1ccccc1. The lowest BCUT2D eigenvalue weighted by Crippen LogP contribution is -2.46. The van der Waals surface area contributed by atoms with Gasteiger partial charge in [0.05, 0.1) is 5.56 Å². The second-order valence-electron chi connectivity index (χ2n) is 5.99. The largest absolute Gasteiger partial charge is 0.416 e. The summed E-state index contributed by atoms with van der Waals surface area (Å²) in [6.07, 6.45) is -4.30. The van der Waals surface area contributed by atoms with E-state index < -0.39 is 20.5 Å². The van der Waals surface area contributed by atoms with Gasteiger partial charge in [0.2, 0.25) is 0 Å². The molecule has 0 bridgehead atoms. The number of rotatable bonds is 4. The minimum Gasteiger partial charge on any atom is -0.166 e. The van der Waals surface area contributed by atoms with Crippen molar-refractivity contribution in [1.82, 2.24) is 0 Å². The minimum absolute atomic E-state index is 0.150. The first kappa shape index (κ1) is 17.5. The predicted octanol–water partition coefficient (Wildman–Crippen LogP) is 4.66. The maximum atomic E-state index is 12.8. The van der Waals surface area contributed by atoms with Gasteiger partial charge in [-0.25, -0.2) is 0 Å². The molecule has 0 aliphatic heterocycles. The van der Waals surface area contributed by atoms with Gasteiger partial charge >= 0.3 is 6.18 Å². The van der Waals surface area contributed by atoms with Gasteiger partial charge in [-0.1, -0.05) is 90.1 Å². The third-order valence-electron chi connectivity index (χ3n) is 4.34. The lowest BCUT2D eigenvalue weighted by atomic mass is 10.1. The van der Waals surface area contributed by atoms with Crippen molar-refractivity contribution >= 4 is 19.2 Å². The molecule has 0 unspecified atom stereocenters. The van der Waals surface area contributed by atoms with Crippen LogP contribution in [0.3, 0.4) is 0 Å². The molecule has 0 spiro atoms. The molecule has 25 heavy (non-hydrogen) atoms. The summed E-state index contributed by atoms with van der Waals surface area (Å²) in [5.74, 6) is 0. The summed E-state index contributed by atoms with van der Waals surface area (Å²) in [7, 11) is -1.16. The van der Waals surface area contributed by atoms with Gasteiger partial charge in [-0.2, -0.15) is 13.2 Å². The first-order valence-electron chi connectivity index (χ1n) is 8.11. The zero-order valence-corrected chi connectivity index (χ0v) is 14.8. The maximum absolute atomic E-state index is 12.8. The van der Waals surface area contributed by atoms with Crippen LogP contribution in [-0.4, -0.2) is 8.80 Å². The first-order chi connectivity index (χ1) is 12.0. The molecule has 0 heterocycles. The molecular weight excluding hydrogens is 337 g/mol. The molecule has 3 rings (SSSR count). The van der Waals surface area contributed by atoms with E-state index in [-0.39, 0.29) is 5.54 Å². The van der Waals surface area contributed by atoms with E-state index in [1.54, 1.807) is 12.1 Å². The Hall–Kier alpha value is -2.33. The Kier molecular flexibility index (Phi) is 5.09. The van der Waals surface area contributed by atoms with Crippen LogP contribution >= 0.6 is 0 Å². The van der Waals surface area contributed by atoms with Crippen LogP contribution in [0.2, 0.25) is 0 Å². The van der Waals surface area contributed by atoms with Crippen LogP contribution in [-0.2, 0) is 6.18 Å². The molecular formula is C21H18F3Si. The van der Waals surface area contributed by atoms with Gasteiger partial charge in [0.25, 0.3) is 0 Å². The van der Waals surface area contributed by atoms with Crippen molar-refractivity contribution in [3.63, 3.8) is 0 Å². The summed E-state index contributed by atoms with van der Waals surface area (Å²) < 4.78 is 38.4. The lowest BCUT2D eigenvalue weighted by Gasteiger charge is -2.24. The van der Waals surface area contributed by atoms with Gasteiger partial charge in [-0.05, 0) is 23.2 Å². The molecule has 0 nitrogen and oxygen atoms in total. The van der Waals surface area contributed by atoms with Crippen LogP contribution in [0.15, 0.2) is 84.9 Å². The fourth-order valence-corrected chi connectivity index (χ4v) is 5.99. The van der Waals surface area contributed by atoms with Gasteiger partial charge in [0.1, 0.15) is 8.80 Å². The number of hydrogen-bond donors (Lipinski definition) is 0. The fraction of sp³-hybridized carbons (Fsp3) is 0.143. The van der Waals surface area contributed by atoms with Crippen LogP contribution in [0.4, 0.5) is 13.2 Å². The Morgan fingerprint density at radius 2 is 1.12 bits per heavy atom. The molecule has 0 aliphatic rings. The summed E-state index contributed by atoms with van der Waals surface area (Å²) in [6.45, 7) is 2.11. The second-order valence-corrected chi connectivity index (χ2v) is 8.84. The normalized spacial score (nSPS) is 13.0.